The zero-order valence-corrected chi connectivity index (χ0v) is 22.3. The van der Waals surface area contributed by atoms with E-state index in [4.69, 9.17) is 18.9 Å². The number of methoxy groups -OCH3 is 3. The van der Waals surface area contributed by atoms with E-state index in [0.717, 1.165) is 16.8 Å². The minimum absolute atomic E-state index is 0.00824. The number of Topliss-reactive ketones (excluding diaryl/α,β-unsaturated/α-hetero) is 1. The summed E-state index contributed by atoms with van der Waals surface area (Å²) < 4.78 is 22.2. The molecular weight excluding hydrogens is 470 g/mol. The average Bonchev–Trinajstić information content (AvgIpc) is 2.90. The topological polar surface area (TPSA) is 83.1 Å². The minimum Gasteiger partial charge on any atom is -0.496 e. The molecule has 196 valence electrons. The number of hydrogen-bond acceptors (Lipinski definition) is 7. The van der Waals surface area contributed by atoms with E-state index in [-0.39, 0.29) is 17.6 Å². The number of benzene rings is 2. The SMILES string of the molecule is COc1ccc([C@H]2CC(=O)C3=C(C2)NC(C)=C(C(=O)OCC(C)C)[C@H]3c2ccccc2OC)cc1OC. The Morgan fingerprint density at radius 3 is 2.35 bits per heavy atom. The van der Waals surface area contributed by atoms with E-state index in [9.17, 15) is 9.59 Å². The third-order valence-corrected chi connectivity index (χ3v) is 6.92. The smallest absolute Gasteiger partial charge is 0.336 e. The van der Waals surface area contributed by atoms with Crippen LogP contribution >= 0.6 is 0 Å². The highest BCUT2D eigenvalue weighted by atomic mass is 16.5. The molecule has 0 aromatic heterocycles. The Kier molecular flexibility index (Phi) is 7.91. The fourth-order valence-corrected chi connectivity index (χ4v) is 5.19. The Bertz CT molecular complexity index is 1260. The van der Waals surface area contributed by atoms with Gasteiger partial charge in [-0.25, -0.2) is 4.79 Å². The first-order chi connectivity index (χ1) is 17.8. The summed E-state index contributed by atoms with van der Waals surface area (Å²) in [5, 5.41) is 3.40. The highest BCUT2D eigenvalue weighted by molar-refractivity contribution is 6.04. The summed E-state index contributed by atoms with van der Waals surface area (Å²) >= 11 is 0. The number of nitrogens with one attached hydrogen (secondary N) is 1. The number of ketones is 1. The predicted octanol–water partition coefficient (Wildman–Crippen LogP) is 5.27. The fourth-order valence-electron chi connectivity index (χ4n) is 5.19. The molecule has 0 saturated heterocycles. The van der Waals surface area contributed by atoms with Crippen LogP contribution in [-0.2, 0) is 14.3 Å². The number of esters is 1. The molecule has 1 heterocycles. The highest BCUT2D eigenvalue weighted by Gasteiger charge is 2.42. The lowest BCUT2D eigenvalue weighted by Crippen LogP contribution is -2.36. The standard InChI is InChI=1S/C30H35NO6/c1-17(2)16-37-30(33)27-18(3)31-22-13-20(19-11-12-25(35-5)26(15-19)36-6)14-23(32)29(22)28(27)21-9-7-8-10-24(21)34-4/h7-12,15,17,20,28,31H,13-14,16H2,1-6H3/t20-,28-/m1/s1. The highest BCUT2D eigenvalue weighted by Crippen LogP contribution is 2.48. The van der Waals surface area contributed by atoms with Gasteiger partial charge < -0.3 is 24.3 Å². The van der Waals surface area contributed by atoms with Crippen LogP contribution in [0.3, 0.4) is 0 Å². The van der Waals surface area contributed by atoms with E-state index >= 15 is 0 Å². The predicted molar refractivity (Wildman–Crippen MR) is 141 cm³/mol. The summed E-state index contributed by atoms with van der Waals surface area (Å²) in [4.78, 5) is 27.2. The number of hydrogen-bond donors (Lipinski definition) is 1. The van der Waals surface area contributed by atoms with Crippen LogP contribution < -0.4 is 19.5 Å². The van der Waals surface area contributed by atoms with Gasteiger partial charge in [-0.05, 0) is 48.9 Å². The van der Waals surface area contributed by atoms with E-state index in [2.05, 4.69) is 5.32 Å². The summed E-state index contributed by atoms with van der Waals surface area (Å²) in [7, 11) is 4.79. The Labute approximate surface area is 218 Å². The van der Waals surface area contributed by atoms with E-state index in [1.54, 1.807) is 21.3 Å². The van der Waals surface area contributed by atoms with Crippen LogP contribution in [-0.4, -0.2) is 39.7 Å². The van der Waals surface area contributed by atoms with Gasteiger partial charge in [0.1, 0.15) is 5.75 Å². The Morgan fingerprint density at radius 2 is 1.68 bits per heavy atom. The lowest BCUT2D eigenvalue weighted by Gasteiger charge is -2.37. The molecule has 1 aliphatic heterocycles. The van der Waals surface area contributed by atoms with Crippen molar-refractivity contribution in [2.75, 3.05) is 27.9 Å². The fraction of sp³-hybridized carbons (Fsp3) is 0.400. The largest absolute Gasteiger partial charge is 0.496 e. The molecular formula is C30H35NO6. The quantitative estimate of drug-likeness (QED) is 0.489. The van der Waals surface area contributed by atoms with E-state index in [0.29, 0.717) is 53.5 Å². The summed E-state index contributed by atoms with van der Waals surface area (Å²) in [5.41, 5.74) is 4.32. The van der Waals surface area contributed by atoms with Gasteiger partial charge in [-0.2, -0.15) is 0 Å². The molecule has 0 radical (unpaired) electrons. The molecule has 0 saturated carbocycles. The summed E-state index contributed by atoms with van der Waals surface area (Å²) in [5.74, 6) is 1.04. The number of allylic oxidation sites excluding steroid dienone is 3. The molecule has 7 nitrogen and oxygen atoms in total. The number of rotatable bonds is 8. The lowest BCUT2D eigenvalue weighted by atomic mass is 9.71. The molecule has 2 atom stereocenters. The summed E-state index contributed by atoms with van der Waals surface area (Å²) in [6, 6.07) is 13.3. The van der Waals surface area contributed by atoms with E-state index in [1.165, 1.54) is 0 Å². The molecule has 1 aliphatic carbocycles. The van der Waals surface area contributed by atoms with Crippen LogP contribution in [0.15, 0.2) is 65.0 Å². The van der Waals surface area contributed by atoms with Crippen molar-refractivity contribution in [3.8, 4) is 17.2 Å². The molecule has 0 unspecified atom stereocenters. The van der Waals surface area contributed by atoms with Crippen molar-refractivity contribution >= 4 is 11.8 Å². The number of dihydropyridines is 1. The average molecular weight is 506 g/mol. The maximum Gasteiger partial charge on any atom is 0.336 e. The lowest BCUT2D eigenvalue weighted by molar-refractivity contribution is -0.140. The third kappa shape index (κ3) is 5.22. The van der Waals surface area contributed by atoms with Crippen molar-refractivity contribution in [3.63, 3.8) is 0 Å². The van der Waals surface area contributed by atoms with Crippen molar-refractivity contribution in [1.82, 2.24) is 5.32 Å². The molecule has 2 aromatic carbocycles. The van der Waals surface area contributed by atoms with Crippen LogP contribution in [0.4, 0.5) is 0 Å². The monoisotopic (exact) mass is 505 g/mol. The van der Waals surface area contributed by atoms with Gasteiger partial charge in [0.25, 0.3) is 0 Å². The first kappa shape index (κ1) is 26.3. The zero-order chi connectivity index (χ0) is 26.7. The normalized spacial score (nSPS) is 19.4. The first-order valence-electron chi connectivity index (χ1n) is 12.5. The molecule has 0 amide bonds. The van der Waals surface area contributed by atoms with Crippen LogP contribution in [0.25, 0.3) is 0 Å². The Balaban J connectivity index is 1.78. The zero-order valence-electron chi connectivity index (χ0n) is 22.3. The van der Waals surface area contributed by atoms with Gasteiger partial charge in [0, 0.05) is 29.0 Å². The second-order valence-electron chi connectivity index (χ2n) is 9.87. The van der Waals surface area contributed by atoms with E-state index in [1.807, 2.05) is 63.2 Å². The van der Waals surface area contributed by atoms with Gasteiger partial charge in [0.05, 0.1) is 39.4 Å². The summed E-state index contributed by atoms with van der Waals surface area (Å²) in [6.07, 6.45) is 0.933. The minimum atomic E-state index is -0.578. The number of carbonyl (C=O) groups excluding carboxylic acids is 2. The van der Waals surface area contributed by atoms with E-state index < -0.39 is 11.9 Å². The molecule has 1 N–H and O–H groups in total. The van der Waals surface area contributed by atoms with Gasteiger partial charge in [-0.15, -0.1) is 0 Å². The number of carbonyl (C=O) groups is 2. The van der Waals surface area contributed by atoms with Crippen molar-refractivity contribution < 1.29 is 28.5 Å². The van der Waals surface area contributed by atoms with Crippen LogP contribution in [0.5, 0.6) is 17.2 Å². The maximum absolute atomic E-state index is 13.8. The van der Waals surface area contributed by atoms with Gasteiger partial charge in [0.15, 0.2) is 17.3 Å². The number of para-hydroxylation sites is 1. The van der Waals surface area contributed by atoms with Crippen molar-refractivity contribution in [3.05, 3.63) is 76.1 Å². The maximum atomic E-state index is 13.8. The first-order valence-corrected chi connectivity index (χ1v) is 12.5. The second kappa shape index (κ2) is 11.1. The molecule has 0 bridgehead atoms. The molecule has 7 heteroatoms. The molecule has 4 rings (SSSR count). The Hall–Kier alpha value is -3.74. The second-order valence-corrected chi connectivity index (χ2v) is 9.87. The van der Waals surface area contributed by atoms with Crippen LogP contribution in [0, 0.1) is 5.92 Å². The summed E-state index contributed by atoms with van der Waals surface area (Å²) in [6.45, 7) is 6.15. The molecule has 2 aliphatic rings. The van der Waals surface area contributed by atoms with Gasteiger partial charge in [-0.3, -0.25) is 4.79 Å². The molecule has 0 fully saturated rings. The Morgan fingerprint density at radius 1 is 0.973 bits per heavy atom. The molecule has 0 spiro atoms. The van der Waals surface area contributed by atoms with Gasteiger partial charge in [-0.1, -0.05) is 38.1 Å². The van der Waals surface area contributed by atoms with Crippen molar-refractivity contribution in [2.45, 2.75) is 45.4 Å². The molecule has 2 aromatic rings. The molecule has 37 heavy (non-hydrogen) atoms. The van der Waals surface area contributed by atoms with Crippen LogP contribution in [0.2, 0.25) is 0 Å². The van der Waals surface area contributed by atoms with Crippen molar-refractivity contribution in [1.29, 1.82) is 0 Å². The number of ether oxygens (including phenoxy) is 4. The van der Waals surface area contributed by atoms with Gasteiger partial charge in [0.2, 0.25) is 0 Å². The van der Waals surface area contributed by atoms with Crippen molar-refractivity contribution in [2.24, 2.45) is 5.92 Å². The third-order valence-electron chi connectivity index (χ3n) is 6.92. The van der Waals surface area contributed by atoms with Gasteiger partial charge >= 0.3 is 5.97 Å². The van der Waals surface area contributed by atoms with Crippen LogP contribution in [0.1, 0.15) is 56.6 Å².